The predicted molar refractivity (Wildman–Crippen MR) is 272 cm³/mol. The minimum absolute atomic E-state index is 0. The molecule has 0 aromatic rings. The summed E-state index contributed by atoms with van der Waals surface area (Å²) in [5.74, 6) is 0.940. The molecule has 3 aliphatic heterocycles. The van der Waals surface area contributed by atoms with E-state index in [0.29, 0.717) is 36.3 Å². The van der Waals surface area contributed by atoms with Crippen molar-refractivity contribution in [2.45, 2.75) is 159 Å². The predicted octanol–water partition coefficient (Wildman–Crippen LogP) is -3.94. The summed E-state index contributed by atoms with van der Waals surface area (Å²) >= 11 is 4.19. The fraction of sp³-hybridized carbons (Fsp3) is 1.00. The summed E-state index contributed by atoms with van der Waals surface area (Å²) in [7, 11) is -12.4. The number of thiol groups is 1. The van der Waals surface area contributed by atoms with Crippen LogP contribution < -0.4 is 36.8 Å². The highest BCUT2D eigenvalue weighted by Crippen LogP contribution is 2.13. The Morgan fingerprint density at radius 3 is 0.924 bits per heavy atom. The highest BCUT2D eigenvalue weighted by molar-refractivity contribution is 7.80. The number of rotatable bonds is 16. The lowest BCUT2D eigenvalue weighted by Crippen LogP contribution is -2.41. The average molecular weight is 1090 g/mol. The monoisotopic (exact) mass is 1080 g/mol. The Hall–Kier alpha value is -0.610. The van der Waals surface area contributed by atoms with Crippen LogP contribution in [0.5, 0.6) is 0 Å². The summed E-state index contributed by atoms with van der Waals surface area (Å²) in [5, 5.41) is 45.1. The third kappa shape index (κ3) is 89.9. The number of nitrogens with one attached hydrogen (secondary N) is 6. The van der Waals surface area contributed by atoms with Gasteiger partial charge in [-0.3, -0.25) is 18.2 Å². The summed E-state index contributed by atoms with van der Waals surface area (Å²) in [6, 6.07) is 3.81. The van der Waals surface area contributed by atoms with E-state index in [0.717, 1.165) is 38.5 Å². The molecule has 3 rings (SSSR count). The maximum Gasteiger partial charge on any atom is 0.521 e. The number of aliphatic hydroxyl groups is 2. The van der Waals surface area contributed by atoms with Crippen LogP contribution >= 0.6 is 20.9 Å². The van der Waals surface area contributed by atoms with Gasteiger partial charge in [-0.25, -0.2) is 5.26 Å². The third-order valence-electron chi connectivity index (χ3n) is 7.46. The first-order chi connectivity index (χ1) is 23.9. The summed E-state index contributed by atoms with van der Waals surface area (Å²) in [4.78, 5) is 8.93. The summed E-state index contributed by atoms with van der Waals surface area (Å²) in [6.07, 6.45) is 11.2. The first-order valence-corrected chi connectivity index (χ1v) is 21.5. The lowest BCUT2D eigenvalue weighted by Gasteiger charge is -2.19. The first kappa shape index (κ1) is 121. The van der Waals surface area contributed by atoms with Gasteiger partial charge >= 0.3 is 29.1 Å². The molecular formula is C33H109N6O23PS3. The number of hydrogen-bond acceptors (Lipinski definition) is 17. The zero-order valence-corrected chi connectivity index (χ0v) is 37.8. The molecule has 29 nitrogen and oxygen atoms in total. The lowest BCUT2D eigenvalue weighted by molar-refractivity contribution is -0.244. The maximum atomic E-state index is 8.93. The van der Waals surface area contributed by atoms with Gasteiger partial charge in [-0.05, 0) is 62.7 Å². The highest BCUT2D eigenvalue weighted by Gasteiger charge is 2.26. The largest absolute Gasteiger partial charge is 0.565 e. The molecule has 7 unspecified atom stereocenters. The smallest absolute Gasteiger partial charge is 0.521 e. The normalized spacial score (nSPS) is 18.7. The van der Waals surface area contributed by atoms with Crippen molar-refractivity contribution in [2.24, 2.45) is 0 Å². The Bertz CT molecular complexity index is 943. The molecule has 3 saturated heterocycles. The van der Waals surface area contributed by atoms with Gasteiger partial charge in [0.1, 0.15) is 0 Å². The molecule has 66 heavy (non-hydrogen) atoms. The van der Waals surface area contributed by atoms with Gasteiger partial charge in [-0.1, -0.05) is 84.6 Å². The SMILES string of the molecule is C.C.C.C.C.C.CCCC1NCCC1NCCO.CCCC1NCCC1NCCO.CCCC1NCCC1NCCS.O.O.O.O.O.O.O.O.O.O=S(=O)(O)O.O=S(=O)(O)O.O=[P+]([O-])OO.[HH]. The summed E-state index contributed by atoms with van der Waals surface area (Å²) in [6.45, 7) is 13.1. The van der Waals surface area contributed by atoms with Gasteiger partial charge < -0.3 is 96.3 Å². The van der Waals surface area contributed by atoms with Crippen molar-refractivity contribution in [1.82, 2.24) is 31.9 Å². The molecule has 0 aliphatic carbocycles. The van der Waals surface area contributed by atoms with Gasteiger partial charge in [0.2, 0.25) is 0 Å². The van der Waals surface area contributed by atoms with Gasteiger partial charge in [0.25, 0.3) is 0 Å². The average Bonchev–Trinajstić information content (AvgIpc) is 3.80. The molecule has 31 N–H and O–H groups in total. The molecular weight excluding hydrogens is 976 g/mol. The van der Waals surface area contributed by atoms with Crippen LogP contribution in [0.3, 0.4) is 0 Å². The van der Waals surface area contributed by atoms with Crippen molar-refractivity contribution in [3.05, 3.63) is 0 Å². The van der Waals surface area contributed by atoms with Crippen LogP contribution in [0, 0.1) is 0 Å². The maximum absolute atomic E-state index is 8.93. The Morgan fingerprint density at radius 1 is 0.576 bits per heavy atom. The van der Waals surface area contributed by atoms with E-state index < -0.39 is 29.1 Å². The van der Waals surface area contributed by atoms with E-state index >= 15 is 0 Å². The molecule has 0 bridgehead atoms. The third-order valence-corrected chi connectivity index (χ3v) is 7.82. The molecule has 0 amide bonds. The van der Waals surface area contributed by atoms with Crippen LogP contribution in [0.25, 0.3) is 0 Å². The fourth-order valence-electron chi connectivity index (χ4n) is 5.63. The molecule has 0 aromatic carbocycles. The lowest BCUT2D eigenvalue weighted by atomic mass is 10.1. The van der Waals surface area contributed by atoms with Crippen LogP contribution in [0.15, 0.2) is 0 Å². The molecule has 0 spiro atoms. The molecule has 33 heteroatoms. The molecule has 0 radical (unpaired) electrons. The number of aliphatic hydroxyl groups excluding tert-OH is 2. The zero-order chi connectivity index (χ0) is 39.7. The Balaban J connectivity index is -0.0000000239. The molecule has 3 fully saturated rings. The Labute approximate surface area is 405 Å². The summed E-state index contributed by atoms with van der Waals surface area (Å²) < 4.78 is 74.8. The van der Waals surface area contributed by atoms with Gasteiger partial charge in [0.05, 0.1) is 13.2 Å². The summed E-state index contributed by atoms with van der Waals surface area (Å²) in [5.41, 5.74) is 0. The van der Waals surface area contributed by atoms with Crippen molar-refractivity contribution in [3.8, 4) is 0 Å². The molecule has 0 saturated carbocycles. The topological polar surface area (TPSA) is 615 Å². The van der Waals surface area contributed by atoms with Crippen molar-refractivity contribution in [1.29, 1.82) is 0 Å². The molecule has 3 heterocycles. The zero-order valence-electron chi connectivity index (χ0n) is 34.4. The second kappa shape index (κ2) is 78.6. The van der Waals surface area contributed by atoms with Crippen LogP contribution in [-0.4, -0.2) is 194 Å². The van der Waals surface area contributed by atoms with Gasteiger partial charge in [-0.2, -0.15) is 29.5 Å². The molecule has 432 valence electrons. The van der Waals surface area contributed by atoms with E-state index in [1.165, 1.54) is 64.3 Å². The standard InChI is InChI=1S/2C9H20N2O.C9H20N2S.6CH4.HO4P.2H2O4S.9H2O.H2/c3*1-2-3-8-9(4-5-10-8)11-6-7-12;;;;;;;1-4-5(2)3;2*1-5(2,3)4;;;;;;;;;;/h3*8-12H,2-7H2,1H3;6*1H4;1H;2*(H2,1,2,3,4);9*1H2;1H. The van der Waals surface area contributed by atoms with Crippen LogP contribution in [0.1, 0.15) is 125 Å². The molecule has 3 aliphatic rings. The van der Waals surface area contributed by atoms with Crippen LogP contribution in [0.4, 0.5) is 0 Å². The second-order valence-electron chi connectivity index (χ2n) is 11.5. The van der Waals surface area contributed by atoms with Gasteiger partial charge in [0.15, 0.2) is 0 Å². The number of hydrogen-bond donors (Lipinski definition) is 14. The van der Waals surface area contributed by atoms with Gasteiger partial charge in [0, 0.05) is 67.7 Å². The minimum Gasteiger partial charge on any atom is -0.565 e. The van der Waals surface area contributed by atoms with E-state index in [1.54, 1.807) is 0 Å². The van der Waals surface area contributed by atoms with Crippen LogP contribution in [-0.2, 0) is 30.0 Å². The molecule has 0 aromatic heterocycles. The molecule has 7 atom stereocenters. The Kier molecular flexibility index (Phi) is 144. The first-order valence-electron chi connectivity index (χ1n) is 17.0. The van der Waals surface area contributed by atoms with E-state index in [1.807, 2.05) is 0 Å². The van der Waals surface area contributed by atoms with Gasteiger partial charge in [-0.15, -0.1) is 0 Å². The minimum atomic E-state index is -4.67. The van der Waals surface area contributed by atoms with Crippen molar-refractivity contribution in [2.75, 3.05) is 58.2 Å². The van der Waals surface area contributed by atoms with Crippen molar-refractivity contribution >= 4 is 41.7 Å². The van der Waals surface area contributed by atoms with Crippen molar-refractivity contribution in [3.63, 3.8) is 0 Å². The van der Waals surface area contributed by atoms with E-state index in [-0.39, 0.29) is 108 Å². The quantitative estimate of drug-likeness (QED) is 0.0231. The Morgan fingerprint density at radius 2 is 0.773 bits per heavy atom. The second-order valence-corrected chi connectivity index (χ2v) is 14.3. The fourth-order valence-corrected chi connectivity index (χ4v) is 5.76. The van der Waals surface area contributed by atoms with Crippen molar-refractivity contribution < 1.29 is 115 Å². The highest BCUT2D eigenvalue weighted by atomic mass is 32.3. The van der Waals surface area contributed by atoms with E-state index in [2.05, 4.69) is 70.0 Å². The van der Waals surface area contributed by atoms with E-state index in [9.17, 15) is 0 Å². The van der Waals surface area contributed by atoms with Crippen LogP contribution in [0.2, 0.25) is 0 Å². The van der Waals surface area contributed by atoms with E-state index in [4.69, 9.17) is 60.0 Å².